The number of ether oxygens (including phenoxy) is 1. The topological polar surface area (TPSA) is 110 Å². The SMILES string of the molecule is CCOC(=O)c1sc2c([N+](=O)[O-])c(O)c(O)cc2c1Cl. The van der Waals surface area contributed by atoms with Crippen molar-refractivity contribution in [1.29, 1.82) is 0 Å². The molecule has 0 saturated carbocycles. The smallest absolute Gasteiger partial charge is 0.349 e. The number of hydrogen-bond acceptors (Lipinski definition) is 7. The van der Waals surface area contributed by atoms with Crippen LogP contribution in [0.1, 0.15) is 16.6 Å². The van der Waals surface area contributed by atoms with Gasteiger partial charge in [-0.3, -0.25) is 10.1 Å². The molecule has 20 heavy (non-hydrogen) atoms. The van der Waals surface area contributed by atoms with Gasteiger partial charge >= 0.3 is 11.7 Å². The van der Waals surface area contributed by atoms with Gasteiger partial charge in [0.2, 0.25) is 5.75 Å². The summed E-state index contributed by atoms with van der Waals surface area (Å²) >= 11 is 6.71. The second kappa shape index (κ2) is 5.14. The molecule has 0 amide bonds. The van der Waals surface area contributed by atoms with Crippen molar-refractivity contribution in [1.82, 2.24) is 0 Å². The number of esters is 1. The second-order valence-electron chi connectivity index (χ2n) is 3.69. The van der Waals surface area contributed by atoms with E-state index in [9.17, 15) is 25.1 Å². The van der Waals surface area contributed by atoms with Crippen molar-refractivity contribution < 1.29 is 24.7 Å². The molecule has 0 radical (unpaired) electrons. The van der Waals surface area contributed by atoms with Gasteiger partial charge in [-0.2, -0.15) is 0 Å². The first-order valence-electron chi connectivity index (χ1n) is 5.36. The number of carbonyl (C=O) groups excluding carboxylic acids is 1. The molecule has 0 bridgehead atoms. The van der Waals surface area contributed by atoms with Gasteiger partial charge in [0.15, 0.2) is 5.75 Å². The Balaban J connectivity index is 2.80. The average Bonchev–Trinajstić information content (AvgIpc) is 2.68. The fraction of sp³-hybridized carbons (Fsp3) is 0.182. The number of phenolic OH excluding ortho intramolecular Hbond substituents is 2. The molecule has 2 aromatic rings. The molecular weight excluding hydrogens is 310 g/mol. The van der Waals surface area contributed by atoms with E-state index in [-0.39, 0.29) is 26.6 Å². The van der Waals surface area contributed by atoms with Gasteiger partial charge in [0.25, 0.3) is 0 Å². The molecule has 7 nitrogen and oxygen atoms in total. The molecule has 0 unspecified atom stereocenters. The molecule has 1 heterocycles. The number of hydrogen-bond donors (Lipinski definition) is 2. The Morgan fingerprint density at radius 3 is 2.75 bits per heavy atom. The number of nitrogens with zero attached hydrogens (tertiary/aromatic N) is 1. The Hall–Kier alpha value is -2.06. The van der Waals surface area contributed by atoms with E-state index in [1.165, 1.54) is 0 Å². The summed E-state index contributed by atoms with van der Waals surface area (Å²) in [4.78, 5) is 21.8. The maximum absolute atomic E-state index is 11.7. The van der Waals surface area contributed by atoms with E-state index in [1.807, 2.05) is 0 Å². The van der Waals surface area contributed by atoms with Gasteiger partial charge in [-0.25, -0.2) is 4.79 Å². The number of fused-ring (bicyclic) bond motifs is 1. The third-order valence-corrected chi connectivity index (χ3v) is 4.19. The van der Waals surface area contributed by atoms with E-state index in [0.717, 1.165) is 17.4 Å². The number of benzene rings is 1. The third-order valence-electron chi connectivity index (χ3n) is 2.49. The van der Waals surface area contributed by atoms with Gasteiger partial charge in [-0.05, 0) is 13.0 Å². The average molecular weight is 318 g/mol. The second-order valence-corrected chi connectivity index (χ2v) is 5.09. The number of aromatic hydroxyl groups is 2. The summed E-state index contributed by atoms with van der Waals surface area (Å²) in [5.41, 5.74) is -0.692. The maximum Gasteiger partial charge on any atom is 0.349 e. The van der Waals surface area contributed by atoms with Crippen molar-refractivity contribution in [3.63, 3.8) is 0 Å². The number of nitro benzene ring substituents is 1. The number of thiophene rings is 1. The molecule has 0 aliphatic heterocycles. The summed E-state index contributed by atoms with van der Waals surface area (Å²) in [5, 5.41) is 30.1. The summed E-state index contributed by atoms with van der Waals surface area (Å²) in [6.07, 6.45) is 0. The van der Waals surface area contributed by atoms with Gasteiger partial charge in [0.05, 0.1) is 16.6 Å². The molecule has 9 heteroatoms. The van der Waals surface area contributed by atoms with Crippen molar-refractivity contribution in [2.24, 2.45) is 0 Å². The number of halogens is 1. The maximum atomic E-state index is 11.7. The number of carbonyl (C=O) groups is 1. The standard InChI is InChI=1S/C11H8ClNO6S/c1-2-19-11(16)10-6(12)4-3-5(14)8(15)7(13(17)18)9(4)20-10/h3,14-15H,2H2,1H3. The van der Waals surface area contributed by atoms with Crippen LogP contribution in [0.15, 0.2) is 6.07 Å². The Labute approximate surface area is 121 Å². The molecule has 106 valence electrons. The van der Waals surface area contributed by atoms with Crippen LogP contribution in [0.4, 0.5) is 5.69 Å². The van der Waals surface area contributed by atoms with Crippen LogP contribution in [0, 0.1) is 10.1 Å². The number of rotatable bonds is 3. The van der Waals surface area contributed by atoms with Crippen LogP contribution in [0.5, 0.6) is 11.5 Å². The fourth-order valence-electron chi connectivity index (χ4n) is 1.66. The van der Waals surface area contributed by atoms with E-state index in [4.69, 9.17) is 16.3 Å². The zero-order valence-electron chi connectivity index (χ0n) is 10.0. The molecule has 0 aliphatic carbocycles. The molecule has 0 saturated heterocycles. The van der Waals surface area contributed by atoms with Gasteiger partial charge < -0.3 is 14.9 Å². The summed E-state index contributed by atoms with van der Waals surface area (Å²) in [6.45, 7) is 1.74. The Bertz CT molecular complexity index is 726. The Kier molecular flexibility index (Phi) is 3.69. The minimum atomic E-state index is -0.865. The van der Waals surface area contributed by atoms with Gasteiger partial charge in [-0.1, -0.05) is 11.6 Å². The highest BCUT2D eigenvalue weighted by Crippen LogP contribution is 2.48. The predicted molar refractivity (Wildman–Crippen MR) is 72.8 cm³/mol. The lowest BCUT2D eigenvalue weighted by atomic mass is 10.2. The first-order chi connectivity index (χ1) is 9.38. The zero-order chi connectivity index (χ0) is 15.0. The quantitative estimate of drug-likeness (QED) is 0.389. The highest BCUT2D eigenvalue weighted by atomic mass is 35.5. The van der Waals surface area contributed by atoms with Crippen LogP contribution in [0.25, 0.3) is 10.1 Å². The molecule has 0 atom stereocenters. The molecule has 0 fully saturated rings. The van der Waals surface area contributed by atoms with Crippen LogP contribution in [0.2, 0.25) is 5.02 Å². The minimum Gasteiger partial charge on any atom is -0.504 e. The van der Waals surface area contributed by atoms with Gasteiger partial charge in [0.1, 0.15) is 9.58 Å². The van der Waals surface area contributed by atoms with Crippen LogP contribution >= 0.6 is 22.9 Å². The molecule has 2 N–H and O–H groups in total. The van der Waals surface area contributed by atoms with Crippen molar-refractivity contribution in [2.45, 2.75) is 6.92 Å². The van der Waals surface area contributed by atoms with Crippen molar-refractivity contribution >= 4 is 44.7 Å². The van der Waals surface area contributed by atoms with E-state index < -0.39 is 28.1 Å². The van der Waals surface area contributed by atoms with Crippen molar-refractivity contribution in [2.75, 3.05) is 6.61 Å². The highest BCUT2D eigenvalue weighted by Gasteiger charge is 2.29. The summed E-state index contributed by atoms with van der Waals surface area (Å²) < 4.78 is 4.79. The Morgan fingerprint density at radius 1 is 1.55 bits per heavy atom. The summed E-state index contributed by atoms with van der Waals surface area (Å²) in [5.74, 6) is -2.26. The zero-order valence-corrected chi connectivity index (χ0v) is 11.6. The van der Waals surface area contributed by atoms with E-state index in [2.05, 4.69) is 0 Å². The van der Waals surface area contributed by atoms with E-state index >= 15 is 0 Å². The van der Waals surface area contributed by atoms with Crippen molar-refractivity contribution in [3.05, 3.63) is 26.1 Å². The van der Waals surface area contributed by atoms with Crippen molar-refractivity contribution in [3.8, 4) is 11.5 Å². The lowest BCUT2D eigenvalue weighted by Crippen LogP contribution is -2.02. The number of nitro groups is 1. The third kappa shape index (κ3) is 2.12. The van der Waals surface area contributed by atoms with E-state index in [0.29, 0.717) is 0 Å². The predicted octanol–water partition coefficient (Wildman–Crippen LogP) is 3.05. The Morgan fingerprint density at radius 2 is 2.20 bits per heavy atom. The lowest BCUT2D eigenvalue weighted by molar-refractivity contribution is -0.383. The molecule has 1 aromatic carbocycles. The van der Waals surface area contributed by atoms with Crippen LogP contribution < -0.4 is 0 Å². The van der Waals surface area contributed by atoms with Crippen LogP contribution in [0.3, 0.4) is 0 Å². The van der Waals surface area contributed by atoms with Gasteiger partial charge in [0, 0.05) is 5.39 Å². The monoisotopic (exact) mass is 317 g/mol. The molecule has 0 aliphatic rings. The molecule has 2 rings (SSSR count). The molecular formula is C11H8ClNO6S. The van der Waals surface area contributed by atoms with Gasteiger partial charge in [-0.15, -0.1) is 11.3 Å². The van der Waals surface area contributed by atoms with Crippen LogP contribution in [-0.2, 0) is 4.74 Å². The minimum absolute atomic E-state index is 0.00152. The molecule has 0 spiro atoms. The number of phenols is 2. The molecule has 1 aromatic heterocycles. The largest absolute Gasteiger partial charge is 0.504 e. The summed E-state index contributed by atoms with van der Waals surface area (Å²) in [6, 6.07) is 1.07. The van der Waals surface area contributed by atoms with Crippen LogP contribution in [-0.4, -0.2) is 27.7 Å². The lowest BCUT2D eigenvalue weighted by Gasteiger charge is -2.00. The normalized spacial score (nSPS) is 10.7. The first-order valence-corrected chi connectivity index (χ1v) is 6.56. The highest BCUT2D eigenvalue weighted by molar-refractivity contribution is 7.22. The van der Waals surface area contributed by atoms with E-state index in [1.54, 1.807) is 6.92 Å². The fourth-order valence-corrected chi connectivity index (χ4v) is 3.14. The first kappa shape index (κ1) is 14.4. The summed E-state index contributed by atoms with van der Waals surface area (Å²) in [7, 11) is 0.